The second-order valence-corrected chi connectivity index (χ2v) is 12.4. The van der Waals surface area contributed by atoms with Gasteiger partial charge >= 0.3 is 6.18 Å². The summed E-state index contributed by atoms with van der Waals surface area (Å²) < 4.78 is 91.7. The van der Waals surface area contributed by atoms with Crippen molar-refractivity contribution in [3.63, 3.8) is 0 Å². The summed E-state index contributed by atoms with van der Waals surface area (Å²) >= 11 is 6.26. The molecular formula is C21H25ClF5N3O3S. The number of sulfone groups is 1. The lowest BCUT2D eigenvalue weighted by Crippen LogP contribution is -2.43. The number of imidazole rings is 1. The zero-order chi connectivity index (χ0) is 25.7. The van der Waals surface area contributed by atoms with Crippen molar-refractivity contribution in [3.05, 3.63) is 34.2 Å². The Balaban J connectivity index is 1.94. The van der Waals surface area contributed by atoms with E-state index in [1.165, 1.54) is 13.8 Å². The monoisotopic (exact) mass is 529 g/mol. The van der Waals surface area contributed by atoms with E-state index in [0.29, 0.717) is 0 Å². The number of hydrogen-bond donors (Lipinski definition) is 1. The van der Waals surface area contributed by atoms with E-state index < -0.39 is 57.0 Å². The van der Waals surface area contributed by atoms with E-state index in [0.717, 1.165) is 22.8 Å². The van der Waals surface area contributed by atoms with E-state index in [4.69, 9.17) is 11.6 Å². The van der Waals surface area contributed by atoms with Gasteiger partial charge in [-0.05, 0) is 51.2 Å². The third kappa shape index (κ3) is 5.64. The van der Waals surface area contributed by atoms with Gasteiger partial charge in [-0.3, -0.25) is 9.20 Å². The molecule has 13 heteroatoms. The molecule has 0 spiro atoms. The number of hydrogen-bond acceptors (Lipinski definition) is 4. The zero-order valence-corrected chi connectivity index (χ0v) is 20.3. The van der Waals surface area contributed by atoms with Crippen molar-refractivity contribution < 1.29 is 35.2 Å². The Morgan fingerprint density at radius 1 is 1.24 bits per heavy atom. The van der Waals surface area contributed by atoms with Crippen molar-refractivity contribution in [2.75, 3.05) is 12.8 Å². The summed E-state index contributed by atoms with van der Waals surface area (Å²) in [5, 5.41) is 2.25. The molecule has 0 aromatic carbocycles. The number of carbonyl (C=O) groups is 1. The maximum Gasteiger partial charge on any atom is 0.435 e. The average molecular weight is 530 g/mol. The predicted molar refractivity (Wildman–Crippen MR) is 117 cm³/mol. The fraction of sp³-hybridized carbons (Fsp3) is 0.619. The molecule has 190 valence electrons. The molecule has 0 aliphatic heterocycles. The molecule has 3 rings (SSSR count). The molecule has 2 aromatic rings. The molecule has 1 aliphatic carbocycles. The average Bonchev–Trinajstić information content (AvgIpc) is 3.06. The fourth-order valence-corrected chi connectivity index (χ4v) is 4.47. The topological polar surface area (TPSA) is 80.5 Å². The lowest BCUT2D eigenvalue weighted by atomic mass is 9.83. The van der Waals surface area contributed by atoms with Gasteiger partial charge in [-0.25, -0.2) is 22.2 Å². The van der Waals surface area contributed by atoms with Crippen molar-refractivity contribution in [2.24, 2.45) is 5.92 Å². The Hall–Kier alpha value is -1.95. The molecule has 0 unspecified atom stereocenters. The maximum atomic E-state index is 13.7. The number of halogens is 6. The van der Waals surface area contributed by atoms with Crippen molar-refractivity contribution in [2.45, 2.75) is 62.8 Å². The van der Waals surface area contributed by atoms with Crippen LogP contribution in [0.5, 0.6) is 0 Å². The van der Waals surface area contributed by atoms with Crippen LogP contribution >= 0.6 is 11.6 Å². The van der Waals surface area contributed by atoms with Gasteiger partial charge in [-0.2, -0.15) is 13.2 Å². The highest BCUT2D eigenvalue weighted by atomic mass is 35.5. The molecule has 0 bridgehead atoms. The first-order valence-electron chi connectivity index (χ1n) is 10.5. The van der Waals surface area contributed by atoms with Crippen LogP contribution in [-0.4, -0.2) is 47.2 Å². The lowest BCUT2D eigenvalue weighted by molar-refractivity contribution is -0.141. The third-order valence-electron chi connectivity index (χ3n) is 6.30. The lowest BCUT2D eigenvalue weighted by Gasteiger charge is -2.28. The Bertz CT molecular complexity index is 1200. The van der Waals surface area contributed by atoms with Crippen molar-refractivity contribution in [1.29, 1.82) is 0 Å². The largest absolute Gasteiger partial charge is 0.435 e. The summed E-state index contributed by atoms with van der Waals surface area (Å²) in [5.41, 5.74) is -1.73. The summed E-state index contributed by atoms with van der Waals surface area (Å²) in [6.45, 7) is 2.63. The van der Waals surface area contributed by atoms with Crippen molar-refractivity contribution in [3.8, 4) is 0 Å². The van der Waals surface area contributed by atoms with Gasteiger partial charge in [0.15, 0.2) is 15.5 Å². The van der Waals surface area contributed by atoms with Crippen LogP contribution in [0.15, 0.2) is 12.1 Å². The molecule has 0 atom stereocenters. The zero-order valence-electron chi connectivity index (χ0n) is 18.8. The number of carbonyl (C=O) groups excluding carboxylic acids is 1. The minimum Gasteiger partial charge on any atom is -0.350 e. The van der Waals surface area contributed by atoms with Gasteiger partial charge in [0, 0.05) is 31.2 Å². The maximum absolute atomic E-state index is 13.7. The van der Waals surface area contributed by atoms with Crippen molar-refractivity contribution >= 4 is 33.0 Å². The normalized spacial score (nSPS) is 17.8. The number of fused-ring (bicyclic) bond motifs is 1. The van der Waals surface area contributed by atoms with Crippen LogP contribution in [-0.2, 0) is 22.4 Å². The first-order chi connectivity index (χ1) is 15.4. The summed E-state index contributed by atoms with van der Waals surface area (Å²) in [6, 6.07) is 2.29. The first-order valence-corrected chi connectivity index (χ1v) is 12.8. The Kier molecular flexibility index (Phi) is 7.00. The van der Waals surface area contributed by atoms with Crippen LogP contribution in [0.4, 0.5) is 22.0 Å². The van der Waals surface area contributed by atoms with Gasteiger partial charge in [0.25, 0.3) is 5.91 Å². The number of nitrogens with zero attached hydrogens (tertiary/aromatic N) is 2. The van der Waals surface area contributed by atoms with Gasteiger partial charge < -0.3 is 5.32 Å². The smallest absolute Gasteiger partial charge is 0.350 e. The van der Waals surface area contributed by atoms with Gasteiger partial charge in [0.2, 0.25) is 5.92 Å². The summed E-state index contributed by atoms with van der Waals surface area (Å²) in [6.07, 6.45) is -4.56. The molecular weight excluding hydrogens is 505 g/mol. The first kappa shape index (κ1) is 26.7. The van der Waals surface area contributed by atoms with Gasteiger partial charge in [-0.1, -0.05) is 11.6 Å². The standard InChI is InChI=1S/C21H25ClF5N3O3S/c1-19(2,34(3,32)33)11-28-18(31)13-9-15(22)30-14(8-12-4-6-20(23,24)7-5-12)17(21(25,26)27)29-16(30)10-13/h9-10,12H,4-8,11H2,1-3H3,(H,28,31). The SMILES string of the molecule is CC(C)(CNC(=O)c1cc(Cl)n2c(CC3CCC(F)(F)CC3)c(C(F)(F)F)nc2c1)S(C)(=O)=O. The second kappa shape index (κ2) is 8.92. The van der Waals surface area contributed by atoms with Gasteiger partial charge in [-0.15, -0.1) is 0 Å². The Morgan fingerprint density at radius 3 is 2.35 bits per heavy atom. The summed E-state index contributed by atoms with van der Waals surface area (Å²) in [4.78, 5) is 16.2. The van der Waals surface area contributed by atoms with Crippen LogP contribution in [0.25, 0.3) is 5.65 Å². The van der Waals surface area contributed by atoms with Crippen LogP contribution in [0.1, 0.15) is 61.3 Å². The molecule has 1 aliphatic rings. The predicted octanol–water partition coefficient (Wildman–Crippen LogP) is 4.93. The number of alkyl halides is 5. The Morgan fingerprint density at radius 2 is 1.82 bits per heavy atom. The van der Waals surface area contributed by atoms with Gasteiger partial charge in [0.05, 0.1) is 10.4 Å². The highest BCUT2D eigenvalue weighted by Gasteiger charge is 2.41. The molecule has 34 heavy (non-hydrogen) atoms. The van der Waals surface area contributed by atoms with E-state index in [9.17, 15) is 35.2 Å². The highest BCUT2D eigenvalue weighted by molar-refractivity contribution is 7.92. The molecule has 1 amide bonds. The fourth-order valence-electron chi connectivity index (χ4n) is 3.83. The molecule has 1 N–H and O–H groups in total. The summed E-state index contributed by atoms with van der Waals surface area (Å²) in [7, 11) is -3.49. The number of rotatable bonds is 6. The van der Waals surface area contributed by atoms with E-state index in [1.54, 1.807) is 0 Å². The number of pyridine rings is 1. The van der Waals surface area contributed by atoms with E-state index in [-0.39, 0.29) is 47.9 Å². The molecule has 2 heterocycles. The van der Waals surface area contributed by atoms with E-state index in [1.807, 2.05) is 0 Å². The van der Waals surface area contributed by atoms with Gasteiger partial charge in [0.1, 0.15) is 10.8 Å². The summed E-state index contributed by atoms with van der Waals surface area (Å²) in [5.74, 6) is -3.93. The quantitative estimate of drug-likeness (QED) is 0.425. The van der Waals surface area contributed by atoms with Crippen LogP contribution in [0, 0.1) is 5.92 Å². The number of aromatic nitrogens is 2. The minimum atomic E-state index is -4.81. The molecule has 1 saturated carbocycles. The number of amides is 1. The molecule has 0 radical (unpaired) electrons. The number of nitrogens with one attached hydrogen (secondary N) is 1. The van der Waals surface area contributed by atoms with E-state index >= 15 is 0 Å². The highest BCUT2D eigenvalue weighted by Crippen LogP contribution is 2.40. The molecule has 1 fully saturated rings. The molecule has 6 nitrogen and oxygen atoms in total. The van der Waals surface area contributed by atoms with Crippen LogP contribution < -0.4 is 5.32 Å². The minimum absolute atomic E-state index is 0.0752. The van der Waals surface area contributed by atoms with Crippen molar-refractivity contribution in [1.82, 2.24) is 14.7 Å². The Labute approximate surface area is 198 Å². The molecule has 2 aromatic heterocycles. The third-order valence-corrected chi connectivity index (χ3v) is 8.73. The second-order valence-electron chi connectivity index (χ2n) is 9.38. The van der Waals surface area contributed by atoms with Crippen LogP contribution in [0.2, 0.25) is 5.15 Å². The molecule has 0 saturated heterocycles. The van der Waals surface area contributed by atoms with Crippen LogP contribution in [0.3, 0.4) is 0 Å². The van der Waals surface area contributed by atoms with E-state index in [2.05, 4.69) is 10.3 Å².